The van der Waals surface area contributed by atoms with E-state index in [1.165, 1.54) is 69.5 Å². The lowest BCUT2D eigenvalue weighted by Crippen LogP contribution is -2.29. The van der Waals surface area contributed by atoms with Gasteiger partial charge in [-0.15, -0.1) is 0 Å². The minimum Gasteiger partial charge on any atom is -0.244 e. The molecular weight excluding hydrogens is 483 g/mol. The molecule has 0 saturated carbocycles. The Labute approximate surface area is 171 Å². The second-order valence-electron chi connectivity index (χ2n) is 4.52. The van der Waals surface area contributed by atoms with Gasteiger partial charge in [-0.1, -0.05) is 22.6 Å². The van der Waals surface area contributed by atoms with Gasteiger partial charge < -0.3 is 0 Å². The normalized spacial score (nSPS) is 16.1. The molecule has 2 rings (SSSR count). The van der Waals surface area contributed by atoms with E-state index < -0.39 is 38.0 Å². The number of aromatic nitrogens is 4. The molecule has 0 fully saturated rings. The number of hydrogen-bond donors (Lipinski definition) is 0. The second-order valence-corrected chi connectivity index (χ2v) is 8.59. The van der Waals surface area contributed by atoms with Crippen LogP contribution in [0.25, 0.3) is 0 Å². The standard InChI is InChI=1S/C6H11N3O2S.C5H9N3O2S.CH3I/c1-6-7-4-5-9(6)12(10,11)8(2)3;1-7(2)11(9,10)8-4-3-6-5-8;1-2/h4-5H,1-3H3;3-5H,1-2H3;1H3/i1D3;;1D3. The molecule has 10 nitrogen and oxygen atoms in total. The molecule has 0 amide bonds. The number of alkyl halides is 1. The molecule has 13 heteroatoms. The Kier molecular flexibility index (Phi) is 6.15. The predicted molar refractivity (Wildman–Crippen MR) is 105 cm³/mol. The average Bonchev–Trinajstić information content (AvgIpc) is 3.25. The van der Waals surface area contributed by atoms with E-state index in [0.717, 1.165) is 25.0 Å². The van der Waals surface area contributed by atoms with Crippen molar-refractivity contribution in [1.29, 1.82) is 0 Å². The number of rotatable bonds is 4. The monoisotopic (exact) mass is 512 g/mol. The van der Waals surface area contributed by atoms with Crippen molar-refractivity contribution in [3.8, 4) is 0 Å². The highest BCUT2D eigenvalue weighted by Crippen LogP contribution is 2.03. The Balaban J connectivity index is 0.000000492. The second kappa shape index (κ2) is 10.2. The first-order valence-corrected chi connectivity index (χ1v) is 10.2. The smallest absolute Gasteiger partial charge is 0.244 e. The fourth-order valence-electron chi connectivity index (χ4n) is 1.23. The van der Waals surface area contributed by atoms with Crippen molar-refractivity contribution in [2.24, 2.45) is 0 Å². The van der Waals surface area contributed by atoms with Gasteiger partial charge in [0.1, 0.15) is 12.2 Å². The molecule has 2 heterocycles. The fraction of sp³-hybridized carbons (Fsp3) is 0.500. The van der Waals surface area contributed by atoms with E-state index in [4.69, 9.17) is 8.22 Å². The summed E-state index contributed by atoms with van der Waals surface area (Å²) in [5, 5.41) is 0. The third kappa shape index (κ3) is 6.32. The summed E-state index contributed by atoms with van der Waals surface area (Å²) in [5.41, 5.74) is 0. The highest BCUT2D eigenvalue weighted by atomic mass is 127. The minimum absolute atomic E-state index is 0.462. The van der Waals surface area contributed by atoms with Crippen LogP contribution >= 0.6 is 22.6 Å². The SMILES string of the molecule is CN(C)S(=O)(=O)n1ccnc1.[2H]C([2H])([2H])I.[2H]C([2H])([2H])c1nccn1S(=O)(=O)N(C)C. The van der Waals surface area contributed by atoms with Crippen LogP contribution in [0.4, 0.5) is 0 Å². The van der Waals surface area contributed by atoms with Crippen LogP contribution in [0.5, 0.6) is 0 Å². The maximum absolute atomic E-state index is 11.7. The topological polar surface area (TPSA) is 110 Å². The van der Waals surface area contributed by atoms with Crippen molar-refractivity contribution in [3.05, 3.63) is 36.9 Å². The zero-order valence-corrected chi connectivity index (χ0v) is 17.7. The van der Waals surface area contributed by atoms with Crippen molar-refractivity contribution in [2.45, 2.75) is 6.85 Å². The minimum atomic E-state index is -3.82. The Morgan fingerprint density at radius 3 is 2.00 bits per heavy atom. The first-order valence-electron chi connectivity index (χ1n) is 9.29. The van der Waals surface area contributed by atoms with Crippen LogP contribution in [0, 0.1) is 6.85 Å². The molecule has 0 saturated heterocycles. The molecule has 0 atom stereocenters. The van der Waals surface area contributed by atoms with E-state index in [2.05, 4.69) is 9.97 Å². The Morgan fingerprint density at radius 2 is 1.60 bits per heavy atom. The molecule has 0 spiro atoms. The molecule has 0 aliphatic carbocycles. The van der Waals surface area contributed by atoms with Gasteiger partial charge in [0.15, 0.2) is 0 Å². The summed E-state index contributed by atoms with van der Waals surface area (Å²) in [6.45, 7) is -2.55. The van der Waals surface area contributed by atoms with Gasteiger partial charge in [0.25, 0.3) is 0 Å². The lowest BCUT2D eigenvalue weighted by molar-refractivity contribution is 0.508. The Hall–Kier alpha value is -1.03. The average molecular weight is 512 g/mol. The predicted octanol–water partition coefficient (Wildman–Crippen LogP) is 0.435. The van der Waals surface area contributed by atoms with Crippen LogP contribution in [0.15, 0.2) is 31.1 Å². The van der Waals surface area contributed by atoms with Crippen LogP contribution < -0.4 is 0 Å². The molecule has 144 valence electrons. The number of imidazole rings is 2. The first-order chi connectivity index (χ1) is 13.7. The fourth-order valence-corrected chi connectivity index (χ4v) is 2.81. The molecule has 0 radical (unpaired) electrons. The van der Waals surface area contributed by atoms with Gasteiger partial charge in [-0.3, -0.25) is 0 Å². The Bertz CT molecular complexity index is 1010. The largest absolute Gasteiger partial charge is 0.308 e. The summed E-state index contributed by atoms with van der Waals surface area (Å²) < 4.78 is 89.7. The summed E-state index contributed by atoms with van der Waals surface area (Å²) >= 11 is 1.38. The lowest BCUT2D eigenvalue weighted by Gasteiger charge is -2.12. The molecule has 0 aromatic carbocycles. The summed E-state index contributed by atoms with van der Waals surface area (Å²) in [5.74, 6) is -0.462. The first kappa shape index (κ1) is 15.1. The third-order valence-corrected chi connectivity index (χ3v) is 5.91. The summed E-state index contributed by atoms with van der Waals surface area (Å²) in [4.78, 5) is 5.38. The van der Waals surface area contributed by atoms with E-state index in [9.17, 15) is 16.8 Å². The van der Waals surface area contributed by atoms with E-state index in [0.29, 0.717) is 3.97 Å². The molecule has 0 aliphatic heterocycles. The molecular formula is C12H23IN6O4S2. The van der Waals surface area contributed by atoms with E-state index in [1.54, 1.807) is 0 Å². The highest BCUT2D eigenvalue weighted by Gasteiger charge is 2.17. The van der Waals surface area contributed by atoms with Crippen LogP contribution in [-0.2, 0) is 20.4 Å². The molecule has 0 aliphatic rings. The molecule has 0 bridgehead atoms. The van der Waals surface area contributed by atoms with Gasteiger partial charge >= 0.3 is 20.4 Å². The molecule has 25 heavy (non-hydrogen) atoms. The number of aryl methyl sites for hydroxylation is 1. The number of halogens is 1. The maximum atomic E-state index is 11.7. The van der Waals surface area contributed by atoms with Crippen molar-refractivity contribution in [3.63, 3.8) is 0 Å². The van der Waals surface area contributed by atoms with Crippen LogP contribution in [0.3, 0.4) is 0 Å². The van der Waals surface area contributed by atoms with E-state index in [-0.39, 0.29) is 0 Å². The van der Waals surface area contributed by atoms with Gasteiger partial charge in [0.05, 0.1) is 0 Å². The summed E-state index contributed by atoms with van der Waals surface area (Å²) in [6, 6.07) is 0. The highest BCUT2D eigenvalue weighted by molar-refractivity contribution is 14.1. The van der Waals surface area contributed by atoms with Gasteiger partial charge in [-0.25, -0.2) is 17.9 Å². The zero-order chi connectivity index (χ0) is 24.8. The van der Waals surface area contributed by atoms with E-state index in [1.807, 2.05) is 0 Å². The lowest BCUT2D eigenvalue weighted by atomic mass is 10.8. The van der Waals surface area contributed by atoms with Crippen molar-refractivity contribution >= 4 is 43.0 Å². The number of hydrogen-bond acceptors (Lipinski definition) is 6. The molecule has 2 aromatic rings. The van der Waals surface area contributed by atoms with Gasteiger partial charge in [-0.2, -0.15) is 25.4 Å². The molecule has 0 N–H and O–H groups in total. The maximum Gasteiger partial charge on any atom is 0.308 e. The van der Waals surface area contributed by atoms with Gasteiger partial charge in [0, 0.05) is 61.2 Å². The van der Waals surface area contributed by atoms with Crippen molar-refractivity contribution in [2.75, 3.05) is 33.0 Å². The van der Waals surface area contributed by atoms with Gasteiger partial charge in [0.2, 0.25) is 0 Å². The molecule has 2 aromatic heterocycles. The quantitative estimate of drug-likeness (QED) is 0.434. The Morgan fingerprint density at radius 1 is 1.04 bits per heavy atom. The molecule has 0 unspecified atom stereocenters. The summed E-state index contributed by atoms with van der Waals surface area (Å²) in [6.07, 6.45) is 6.30. The van der Waals surface area contributed by atoms with Crippen LogP contribution in [-0.4, -0.2) is 76.4 Å². The van der Waals surface area contributed by atoms with Crippen LogP contribution in [0.2, 0.25) is 0 Å². The van der Waals surface area contributed by atoms with Crippen LogP contribution in [0.1, 0.15) is 14.0 Å². The van der Waals surface area contributed by atoms with E-state index >= 15 is 0 Å². The number of nitrogens with zero attached hydrogens (tertiary/aromatic N) is 6. The van der Waals surface area contributed by atoms with Gasteiger partial charge in [-0.05, 0) is 11.7 Å². The van der Waals surface area contributed by atoms with Crippen molar-refractivity contribution in [1.82, 2.24) is 26.5 Å². The zero-order valence-electron chi connectivity index (χ0n) is 19.9. The van der Waals surface area contributed by atoms with Crippen molar-refractivity contribution < 1.29 is 25.1 Å². The summed E-state index contributed by atoms with van der Waals surface area (Å²) in [7, 11) is -1.59. The third-order valence-electron chi connectivity index (χ3n) is 2.53.